The quantitative estimate of drug-likeness (QED) is 0.736. The predicted molar refractivity (Wildman–Crippen MR) is 75.7 cm³/mol. The molecule has 0 fully saturated rings. The fraction of sp³-hybridized carbons (Fsp3) is 0.643. The van der Waals surface area contributed by atoms with E-state index in [0.717, 1.165) is 46.9 Å². The first-order valence-electron chi connectivity index (χ1n) is 6.59. The highest BCUT2D eigenvalue weighted by Crippen LogP contribution is 2.26. The molecule has 0 spiro atoms. The fourth-order valence-electron chi connectivity index (χ4n) is 1.71. The molecule has 0 bridgehead atoms. The highest BCUT2D eigenvalue weighted by atomic mass is 32.2. The lowest BCUT2D eigenvalue weighted by Crippen LogP contribution is -2.05. The second kappa shape index (κ2) is 7.38. The molecule has 1 aromatic rings. The summed E-state index contributed by atoms with van der Waals surface area (Å²) >= 11 is 1.66. The van der Waals surface area contributed by atoms with Crippen LogP contribution in [0.15, 0.2) is 5.03 Å². The number of nitriles is 1. The van der Waals surface area contributed by atoms with Gasteiger partial charge in [-0.05, 0) is 24.3 Å². The summed E-state index contributed by atoms with van der Waals surface area (Å²) in [6, 6.07) is 2.31. The van der Waals surface area contributed by atoms with Crippen LogP contribution in [0.4, 0.5) is 0 Å². The molecule has 0 saturated heterocycles. The van der Waals surface area contributed by atoms with Crippen LogP contribution in [-0.2, 0) is 12.8 Å². The molecule has 1 unspecified atom stereocenters. The second-order valence-corrected chi connectivity index (χ2v) is 5.46. The van der Waals surface area contributed by atoms with Crippen LogP contribution < -0.4 is 0 Å². The molecule has 1 atom stereocenters. The molecular formula is C14H21N3S. The molecule has 0 N–H and O–H groups in total. The van der Waals surface area contributed by atoms with E-state index in [1.165, 1.54) is 0 Å². The Morgan fingerprint density at radius 2 is 1.94 bits per heavy atom. The number of rotatable bonds is 6. The largest absolute Gasteiger partial charge is 0.192 e. The molecule has 0 amide bonds. The third-order valence-electron chi connectivity index (χ3n) is 3.13. The lowest BCUT2D eigenvalue weighted by Gasteiger charge is -2.11. The molecule has 0 saturated carbocycles. The van der Waals surface area contributed by atoms with Crippen LogP contribution in [0.3, 0.4) is 0 Å². The van der Waals surface area contributed by atoms with Crippen LogP contribution in [0.2, 0.25) is 0 Å². The summed E-state index contributed by atoms with van der Waals surface area (Å²) in [5, 5.41) is 18.6. The molecule has 1 rings (SSSR count). The van der Waals surface area contributed by atoms with E-state index in [2.05, 4.69) is 44.0 Å². The smallest absolute Gasteiger partial charge is 0.137 e. The average molecular weight is 263 g/mol. The van der Waals surface area contributed by atoms with Gasteiger partial charge in [-0.2, -0.15) is 10.4 Å². The third kappa shape index (κ3) is 3.46. The summed E-state index contributed by atoms with van der Waals surface area (Å²) in [6.07, 6.45) is 2.83. The Morgan fingerprint density at radius 3 is 2.44 bits per heavy atom. The van der Waals surface area contributed by atoms with Gasteiger partial charge in [0.15, 0.2) is 0 Å². The van der Waals surface area contributed by atoms with Gasteiger partial charge in [0.25, 0.3) is 0 Å². The number of hydrogen-bond acceptors (Lipinski definition) is 4. The van der Waals surface area contributed by atoms with Gasteiger partial charge in [0.05, 0.1) is 11.3 Å². The SMILES string of the molecule is CCc1nnc(SCC(C)CC)c(C#N)c1CC. The molecule has 1 aromatic heterocycles. The first-order valence-corrected chi connectivity index (χ1v) is 7.57. The molecule has 18 heavy (non-hydrogen) atoms. The standard InChI is InChI=1S/C14H21N3S/c1-5-10(4)9-18-14-12(8-15)11(6-2)13(7-3)16-17-14/h10H,5-7,9H2,1-4H3. The predicted octanol–water partition coefficient (Wildman–Crippen LogP) is 3.61. The molecular weight excluding hydrogens is 242 g/mol. The van der Waals surface area contributed by atoms with Crippen LogP contribution in [0.25, 0.3) is 0 Å². The van der Waals surface area contributed by atoms with Gasteiger partial charge in [0.2, 0.25) is 0 Å². The maximum absolute atomic E-state index is 9.34. The minimum Gasteiger partial charge on any atom is -0.192 e. The number of nitrogens with zero attached hydrogens (tertiary/aromatic N) is 3. The van der Waals surface area contributed by atoms with Crippen molar-refractivity contribution in [1.29, 1.82) is 5.26 Å². The van der Waals surface area contributed by atoms with Gasteiger partial charge in [-0.15, -0.1) is 16.9 Å². The number of thioether (sulfide) groups is 1. The Hall–Kier alpha value is -1.08. The van der Waals surface area contributed by atoms with Crippen molar-refractivity contribution in [3.63, 3.8) is 0 Å². The molecule has 0 aromatic carbocycles. The first kappa shape index (κ1) is 15.0. The summed E-state index contributed by atoms with van der Waals surface area (Å²) < 4.78 is 0. The molecule has 4 heteroatoms. The van der Waals surface area contributed by atoms with Gasteiger partial charge in [-0.1, -0.05) is 34.1 Å². The number of aryl methyl sites for hydroxylation is 1. The molecule has 3 nitrogen and oxygen atoms in total. The van der Waals surface area contributed by atoms with Crippen molar-refractivity contribution in [2.45, 2.75) is 52.0 Å². The summed E-state index contributed by atoms with van der Waals surface area (Å²) in [7, 11) is 0. The molecule has 0 aliphatic carbocycles. The second-order valence-electron chi connectivity index (χ2n) is 4.45. The van der Waals surface area contributed by atoms with Crippen molar-refractivity contribution >= 4 is 11.8 Å². The van der Waals surface area contributed by atoms with Crippen LogP contribution in [-0.4, -0.2) is 16.0 Å². The van der Waals surface area contributed by atoms with Crippen molar-refractivity contribution in [3.8, 4) is 6.07 Å². The highest BCUT2D eigenvalue weighted by molar-refractivity contribution is 7.99. The number of aromatic nitrogens is 2. The molecule has 0 radical (unpaired) electrons. The van der Waals surface area contributed by atoms with Gasteiger partial charge in [0.1, 0.15) is 11.1 Å². The Balaban J connectivity index is 3.02. The van der Waals surface area contributed by atoms with E-state index in [1.807, 2.05) is 0 Å². The summed E-state index contributed by atoms with van der Waals surface area (Å²) in [4.78, 5) is 0. The van der Waals surface area contributed by atoms with Crippen molar-refractivity contribution in [2.75, 3.05) is 5.75 Å². The van der Waals surface area contributed by atoms with Crippen molar-refractivity contribution < 1.29 is 0 Å². The summed E-state index contributed by atoms with van der Waals surface area (Å²) in [5.74, 6) is 1.63. The van der Waals surface area contributed by atoms with E-state index in [4.69, 9.17) is 0 Å². The fourth-order valence-corrected chi connectivity index (χ4v) is 2.80. The minimum absolute atomic E-state index is 0.638. The molecule has 0 aliphatic heterocycles. The van der Waals surface area contributed by atoms with E-state index in [-0.39, 0.29) is 0 Å². The van der Waals surface area contributed by atoms with Crippen molar-refractivity contribution in [2.24, 2.45) is 5.92 Å². The normalized spacial score (nSPS) is 12.2. The van der Waals surface area contributed by atoms with Crippen molar-refractivity contribution in [3.05, 3.63) is 16.8 Å². The zero-order valence-electron chi connectivity index (χ0n) is 11.7. The molecule has 98 valence electrons. The van der Waals surface area contributed by atoms with E-state index in [1.54, 1.807) is 11.8 Å². The lowest BCUT2D eigenvalue weighted by atomic mass is 10.1. The van der Waals surface area contributed by atoms with Crippen molar-refractivity contribution in [1.82, 2.24) is 10.2 Å². The zero-order valence-corrected chi connectivity index (χ0v) is 12.5. The van der Waals surface area contributed by atoms with E-state index in [0.29, 0.717) is 5.92 Å². The van der Waals surface area contributed by atoms with E-state index in [9.17, 15) is 5.26 Å². The Morgan fingerprint density at radius 1 is 1.22 bits per heavy atom. The summed E-state index contributed by atoms with van der Waals surface area (Å²) in [6.45, 7) is 8.52. The Bertz CT molecular complexity index is 437. The average Bonchev–Trinajstić information content (AvgIpc) is 2.43. The monoisotopic (exact) mass is 263 g/mol. The van der Waals surface area contributed by atoms with Gasteiger partial charge < -0.3 is 0 Å². The van der Waals surface area contributed by atoms with Crippen LogP contribution in [0.1, 0.15) is 50.9 Å². The summed E-state index contributed by atoms with van der Waals surface area (Å²) in [5.41, 5.74) is 2.77. The third-order valence-corrected chi connectivity index (χ3v) is 4.42. The minimum atomic E-state index is 0.638. The van der Waals surface area contributed by atoms with Gasteiger partial charge in [0, 0.05) is 5.75 Å². The van der Waals surface area contributed by atoms with E-state index >= 15 is 0 Å². The topological polar surface area (TPSA) is 49.6 Å². The Kier molecular flexibility index (Phi) is 6.14. The zero-order chi connectivity index (χ0) is 13.5. The van der Waals surface area contributed by atoms with Crippen LogP contribution in [0.5, 0.6) is 0 Å². The first-order chi connectivity index (χ1) is 8.67. The van der Waals surface area contributed by atoms with E-state index < -0.39 is 0 Å². The van der Waals surface area contributed by atoms with Gasteiger partial charge in [-0.25, -0.2) is 0 Å². The highest BCUT2D eigenvalue weighted by Gasteiger charge is 2.15. The number of hydrogen-bond donors (Lipinski definition) is 0. The molecule has 0 aliphatic rings. The Labute approximate surface area is 114 Å². The van der Waals surface area contributed by atoms with Crippen LogP contribution in [0, 0.1) is 17.2 Å². The lowest BCUT2D eigenvalue weighted by molar-refractivity contribution is 0.636. The maximum atomic E-state index is 9.34. The van der Waals surface area contributed by atoms with Gasteiger partial charge in [-0.3, -0.25) is 0 Å². The van der Waals surface area contributed by atoms with Crippen LogP contribution >= 0.6 is 11.8 Å². The molecule has 1 heterocycles. The maximum Gasteiger partial charge on any atom is 0.137 e. The van der Waals surface area contributed by atoms with Gasteiger partial charge >= 0.3 is 0 Å².